The van der Waals surface area contributed by atoms with Crippen molar-refractivity contribution in [3.8, 4) is 0 Å². The quantitative estimate of drug-likeness (QED) is 0.540. The Labute approximate surface area is 198 Å². The molecule has 1 aliphatic rings. The molecule has 0 spiro atoms. The first-order chi connectivity index (χ1) is 15.8. The molecule has 1 fully saturated rings. The highest BCUT2D eigenvalue weighted by Gasteiger charge is 2.43. The average Bonchev–Trinajstić information content (AvgIpc) is 2.84. The van der Waals surface area contributed by atoms with E-state index in [-0.39, 0.29) is 0 Å². The molecule has 9 heteroatoms. The van der Waals surface area contributed by atoms with Crippen molar-refractivity contribution in [1.29, 1.82) is 0 Å². The van der Waals surface area contributed by atoms with Crippen molar-refractivity contribution in [3.63, 3.8) is 0 Å². The van der Waals surface area contributed by atoms with Crippen LogP contribution in [0.3, 0.4) is 0 Å². The van der Waals surface area contributed by atoms with Crippen LogP contribution in [0.4, 0.5) is 17.1 Å². The molecule has 0 bridgehead atoms. The van der Waals surface area contributed by atoms with Crippen molar-refractivity contribution in [2.75, 3.05) is 57.0 Å². The molecule has 0 aromatic heterocycles. The fourth-order valence-corrected chi connectivity index (χ4v) is 3.69. The van der Waals surface area contributed by atoms with Crippen molar-refractivity contribution in [2.45, 2.75) is 0 Å². The predicted octanol–water partition coefficient (Wildman–Crippen LogP) is 1.43. The summed E-state index contributed by atoms with van der Waals surface area (Å²) in [4.78, 5) is 6.21. The van der Waals surface area contributed by atoms with Gasteiger partial charge in [-0.1, -0.05) is 36.4 Å². The van der Waals surface area contributed by atoms with Crippen LogP contribution in [0, 0.1) is 0 Å². The first-order valence-electron chi connectivity index (χ1n) is 11.1. The van der Waals surface area contributed by atoms with Crippen molar-refractivity contribution < 1.29 is 13.7 Å². The zero-order valence-corrected chi connectivity index (χ0v) is 20.2. The topological polar surface area (TPSA) is 37.4 Å². The van der Waals surface area contributed by atoms with Crippen LogP contribution in [0.1, 0.15) is 0 Å². The Balaban J connectivity index is 1.63. The lowest BCUT2D eigenvalue weighted by molar-refractivity contribution is 0.308. The van der Waals surface area contributed by atoms with Gasteiger partial charge < -0.3 is 28.4 Å². The third-order valence-electron chi connectivity index (χ3n) is 5.79. The molecule has 0 unspecified atom stereocenters. The lowest BCUT2D eigenvalue weighted by Crippen LogP contribution is -2.61. The number of rotatable bonds is 6. The second-order valence-corrected chi connectivity index (χ2v) is 8.86. The van der Waals surface area contributed by atoms with Crippen molar-refractivity contribution in [3.05, 3.63) is 72.8 Å². The highest BCUT2D eigenvalue weighted by molar-refractivity contribution is 6.87. The Morgan fingerprint density at radius 3 is 0.788 bits per heavy atom. The molecule has 0 N–H and O–H groups in total. The van der Waals surface area contributed by atoms with E-state index in [1.165, 1.54) is 0 Å². The van der Waals surface area contributed by atoms with Gasteiger partial charge in [-0.15, -0.1) is 0 Å². The lowest BCUT2D eigenvalue weighted by atomic mass is 9.61. The number of hydrogen-bond donors (Lipinski definition) is 0. The van der Waals surface area contributed by atoms with Crippen molar-refractivity contribution in [2.24, 2.45) is 0 Å². The zero-order chi connectivity index (χ0) is 23.5. The van der Waals surface area contributed by atoms with Gasteiger partial charge in [0.05, 0.1) is 0 Å². The van der Waals surface area contributed by atoms with Crippen LogP contribution in [-0.2, 0) is 13.7 Å². The van der Waals surface area contributed by atoms with Crippen LogP contribution in [0.25, 0.3) is 0 Å². The van der Waals surface area contributed by atoms with Gasteiger partial charge in [0, 0.05) is 59.3 Å². The standard InChI is InChI=1S/C24H30B3N3O3/c1-28(2)22-13-7-19(8-14-22)25-31-26(20-9-15-23(16-10-20)29(3)4)33-27(32-25)21-11-17-24(18-12-21)30(5)6/h7-18H,1-6H3. The summed E-state index contributed by atoms with van der Waals surface area (Å²) >= 11 is 0. The number of nitrogens with zero attached hydrogens (tertiary/aromatic N) is 3. The summed E-state index contributed by atoms with van der Waals surface area (Å²) in [5, 5.41) is 0. The van der Waals surface area contributed by atoms with E-state index in [9.17, 15) is 0 Å². The number of anilines is 3. The third kappa shape index (κ3) is 5.38. The molecular weight excluding hydrogens is 411 g/mol. The van der Waals surface area contributed by atoms with Crippen molar-refractivity contribution >= 4 is 54.8 Å². The first-order valence-corrected chi connectivity index (χ1v) is 11.1. The summed E-state index contributed by atoms with van der Waals surface area (Å²) in [6, 6.07) is 24.7. The molecule has 6 nitrogen and oxygen atoms in total. The van der Waals surface area contributed by atoms with Gasteiger partial charge in [0.15, 0.2) is 0 Å². The summed E-state index contributed by atoms with van der Waals surface area (Å²) in [5.74, 6) is 0. The molecule has 0 aliphatic carbocycles. The average molecular weight is 441 g/mol. The Kier molecular flexibility index (Phi) is 7.03. The Morgan fingerprint density at radius 1 is 0.394 bits per heavy atom. The van der Waals surface area contributed by atoms with E-state index >= 15 is 0 Å². The van der Waals surface area contributed by atoms with Gasteiger partial charge in [-0.3, -0.25) is 0 Å². The van der Waals surface area contributed by atoms with Gasteiger partial charge >= 0.3 is 21.4 Å². The summed E-state index contributed by atoms with van der Waals surface area (Å²) in [6.45, 7) is 0. The Bertz CT molecular complexity index is 903. The highest BCUT2D eigenvalue weighted by atomic mass is 16.7. The van der Waals surface area contributed by atoms with E-state index in [2.05, 4.69) is 51.1 Å². The summed E-state index contributed by atoms with van der Waals surface area (Å²) in [5.41, 5.74) is 6.23. The molecule has 4 rings (SSSR count). The predicted molar refractivity (Wildman–Crippen MR) is 142 cm³/mol. The molecule has 0 amide bonds. The second-order valence-electron chi connectivity index (χ2n) is 8.86. The second kappa shape index (κ2) is 9.95. The van der Waals surface area contributed by atoms with Crippen LogP contribution >= 0.6 is 0 Å². The van der Waals surface area contributed by atoms with E-state index in [1.807, 2.05) is 78.7 Å². The van der Waals surface area contributed by atoms with E-state index < -0.39 is 21.4 Å². The summed E-state index contributed by atoms with van der Waals surface area (Å²) < 4.78 is 18.9. The number of hydrogen-bond acceptors (Lipinski definition) is 6. The number of benzene rings is 3. The van der Waals surface area contributed by atoms with Crippen LogP contribution in [0.2, 0.25) is 0 Å². The van der Waals surface area contributed by atoms with Crippen LogP contribution < -0.4 is 31.1 Å². The Hall–Kier alpha value is -2.87. The molecule has 1 aliphatic heterocycles. The minimum Gasteiger partial charge on any atom is -0.445 e. The van der Waals surface area contributed by atoms with E-state index in [1.54, 1.807) is 0 Å². The van der Waals surface area contributed by atoms with E-state index in [0.717, 1.165) is 33.5 Å². The largest absolute Gasteiger partial charge is 0.467 e. The van der Waals surface area contributed by atoms with Gasteiger partial charge in [0.1, 0.15) is 0 Å². The van der Waals surface area contributed by atoms with Crippen LogP contribution in [0.5, 0.6) is 0 Å². The maximum atomic E-state index is 6.29. The zero-order valence-electron chi connectivity index (χ0n) is 20.2. The first kappa shape index (κ1) is 23.3. The maximum Gasteiger partial charge on any atom is 0.467 e. The molecule has 0 radical (unpaired) electrons. The van der Waals surface area contributed by atoms with Gasteiger partial charge in [-0.2, -0.15) is 0 Å². The molecule has 1 saturated heterocycles. The minimum atomic E-state index is -0.549. The molecule has 3 aromatic rings. The SMILES string of the molecule is CN(C)c1ccc(B2OB(c3ccc(N(C)C)cc3)OB(c3ccc(N(C)C)cc3)O2)cc1. The fourth-order valence-electron chi connectivity index (χ4n) is 3.69. The Morgan fingerprint density at radius 2 is 0.606 bits per heavy atom. The molecule has 3 aromatic carbocycles. The third-order valence-corrected chi connectivity index (χ3v) is 5.79. The molecule has 168 valence electrons. The minimum absolute atomic E-state index is 0.549. The van der Waals surface area contributed by atoms with Crippen LogP contribution in [-0.4, -0.2) is 63.6 Å². The monoisotopic (exact) mass is 441 g/mol. The van der Waals surface area contributed by atoms with Gasteiger partial charge in [-0.05, 0) is 52.8 Å². The smallest absolute Gasteiger partial charge is 0.445 e. The summed E-state index contributed by atoms with van der Waals surface area (Å²) in [6.07, 6.45) is 0. The molecule has 1 heterocycles. The van der Waals surface area contributed by atoms with Crippen LogP contribution in [0.15, 0.2) is 72.8 Å². The molecule has 0 saturated carbocycles. The molecule has 0 atom stereocenters. The molecular formula is C24H30B3N3O3. The lowest BCUT2D eigenvalue weighted by Gasteiger charge is -2.32. The fraction of sp³-hybridized carbons (Fsp3) is 0.250. The van der Waals surface area contributed by atoms with E-state index in [0.29, 0.717) is 0 Å². The highest BCUT2D eigenvalue weighted by Crippen LogP contribution is 2.16. The normalized spacial score (nSPS) is 13.8. The maximum absolute atomic E-state index is 6.29. The van der Waals surface area contributed by atoms with Gasteiger partial charge in [0.25, 0.3) is 0 Å². The molecule has 33 heavy (non-hydrogen) atoms. The van der Waals surface area contributed by atoms with E-state index in [4.69, 9.17) is 13.7 Å². The van der Waals surface area contributed by atoms with Crippen molar-refractivity contribution in [1.82, 2.24) is 0 Å². The summed E-state index contributed by atoms with van der Waals surface area (Å²) in [7, 11) is 10.5. The van der Waals surface area contributed by atoms with Gasteiger partial charge in [-0.25, -0.2) is 0 Å². The van der Waals surface area contributed by atoms with Gasteiger partial charge in [0.2, 0.25) is 0 Å².